The van der Waals surface area contributed by atoms with Crippen LogP contribution < -0.4 is 4.74 Å². The quantitative estimate of drug-likeness (QED) is 0.338. The van der Waals surface area contributed by atoms with E-state index in [1.807, 2.05) is 58.0 Å². The molecule has 0 radical (unpaired) electrons. The van der Waals surface area contributed by atoms with Crippen LogP contribution in [0.15, 0.2) is 30.3 Å². The van der Waals surface area contributed by atoms with Crippen LogP contribution in [0.2, 0.25) is 0 Å². The minimum absolute atomic E-state index is 0.325. The zero-order valence-corrected chi connectivity index (χ0v) is 16.8. The van der Waals surface area contributed by atoms with Crippen molar-refractivity contribution in [2.75, 3.05) is 33.0 Å². The second-order valence-corrected chi connectivity index (χ2v) is 5.46. The molecule has 1 aromatic carbocycles. The van der Waals surface area contributed by atoms with Crippen molar-refractivity contribution in [1.82, 2.24) is 0 Å². The standard InChI is InChI=1S/C20H34O6/c1-6-11-17-25-19(21-7-2,22-8-3)20(23-9-4,24-10-5)26-18-15-13-12-14-16-18/h12-16H,6-11,17H2,1-5H3. The molecule has 150 valence electrons. The third-order valence-corrected chi connectivity index (χ3v) is 3.50. The number of para-hydroxylation sites is 1. The van der Waals surface area contributed by atoms with Gasteiger partial charge in [-0.3, -0.25) is 0 Å². The van der Waals surface area contributed by atoms with Gasteiger partial charge in [0.2, 0.25) is 0 Å². The molecular formula is C20H34O6. The Bertz CT molecular complexity index is 453. The Balaban J connectivity index is 3.35. The summed E-state index contributed by atoms with van der Waals surface area (Å²) in [5, 5.41) is 0. The van der Waals surface area contributed by atoms with E-state index in [9.17, 15) is 0 Å². The average molecular weight is 370 g/mol. The lowest BCUT2D eigenvalue weighted by molar-refractivity contribution is -0.543. The number of unbranched alkanes of at least 4 members (excludes halogenated alkanes) is 1. The van der Waals surface area contributed by atoms with Gasteiger partial charge in [-0.1, -0.05) is 31.5 Å². The predicted octanol–water partition coefficient (Wildman–Crippen LogP) is 4.34. The molecule has 0 heterocycles. The van der Waals surface area contributed by atoms with E-state index in [0.717, 1.165) is 12.8 Å². The van der Waals surface area contributed by atoms with Crippen LogP contribution in [0.3, 0.4) is 0 Å². The molecule has 1 aromatic rings. The first kappa shape index (κ1) is 22.9. The van der Waals surface area contributed by atoms with Gasteiger partial charge >= 0.3 is 11.9 Å². The first-order valence-electron chi connectivity index (χ1n) is 9.57. The molecule has 0 saturated heterocycles. The molecule has 0 amide bonds. The van der Waals surface area contributed by atoms with E-state index in [1.54, 1.807) is 0 Å². The molecule has 0 aliphatic heterocycles. The Kier molecular flexibility index (Phi) is 10.8. The van der Waals surface area contributed by atoms with Crippen molar-refractivity contribution in [3.05, 3.63) is 30.3 Å². The summed E-state index contributed by atoms with van der Waals surface area (Å²) in [6.07, 6.45) is 1.83. The Morgan fingerprint density at radius 1 is 0.654 bits per heavy atom. The van der Waals surface area contributed by atoms with Crippen molar-refractivity contribution < 1.29 is 28.4 Å². The molecule has 6 heteroatoms. The molecule has 0 bridgehead atoms. The fraction of sp³-hybridized carbons (Fsp3) is 0.700. The van der Waals surface area contributed by atoms with E-state index in [2.05, 4.69) is 6.92 Å². The fourth-order valence-electron chi connectivity index (χ4n) is 2.48. The molecule has 0 aliphatic rings. The number of ether oxygens (including phenoxy) is 6. The summed E-state index contributed by atoms with van der Waals surface area (Å²) >= 11 is 0. The summed E-state index contributed by atoms with van der Waals surface area (Å²) in [6.45, 7) is 11.3. The minimum Gasteiger partial charge on any atom is -0.433 e. The molecule has 26 heavy (non-hydrogen) atoms. The van der Waals surface area contributed by atoms with Crippen LogP contribution in [0.5, 0.6) is 5.75 Å². The fourth-order valence-corrected chi connectivity index (χ4v) is 2.48. The molecule has 0 aromatic heterocycles. The Morgan fingerprint density at radius 2 is 1.15 bits per heavy atom. The predicted molar refractivity (Wildman–Crippen MR) is 99.9 cm³/mol. The molecule has 0 saturated carbocycles. The maximum Gasteiger partial charge on any atom is 0.414 e. The number of benzene rings is 1. The van der Waals surface area contributed by atoms with Crippen molar-refractivity contribution in [2.24, 2.45) is 0 Å². The van der Waals surface area contributed by atoms with E-state index in [-0.39, 0.29) is 0 Å². The highest BCUT2D eigenvalue weighted by Crippen LogP contribution is 2.37. The summed E-state index contributed by atoms with van der Waals surface area (Å²) < 4.78 is 36.0. The highest BCUT2D eigenvalue weighted by molar-refractivity contribution is 5.21. The van der Waals surface area contributed by atoms with Gasteiger partial charge in [0, 0.05) is 13.2 Å². The van der Waals surface area contributed by atoms with Crippen LogP contribution >= 0.6 is 0 Å². The largest absolute Gasteiger partial charge is 0.433 e. The van der Waals surface area contributed by atoms with Crippen LogP contribution in [0, 0.1) is 0 Å². The topological polar surface area (TPSA) is 55.4 Å². The average Bonchev–Trinajstić information content (AvgIpc) is 2.63. The lowest BCUT2D eigenvalue weighted by atomic mass is 10.3. The highest BCUT2D eigenvalue weighted by Gasteiger charge is 2.62. The van der Waals surface area contributed by atoms with E-state index in [4.69, 9.17) is 28.4 Å². The molecule has 0 atom stereocenters. The van der Waals surface area contributed by atoms with Crippen molar-refractivity contribution in [3.8, 4) is 5.75 Å². The monoisotopic (exact) mass is 370 g/mol. The Labute approximate surface area is 157 Å². The van der Waals surface area contributed by atoms with Gasteiger partial charge in [0.1, 0.15) is 5.75 Å². The van der Waals surface area contributed by atoms with Gasteiger partial charge in [-0.05, 0) is 46.2 Å². The second kappa shape index (κ2) is 12.3. The lowest BCUT2D eigenvalue weighted by Gasteiger charge is -2.45. The zero-order valence-electron chi connectivity index (χ0n) is 16.8. The minimum atomic E-state index is -1.70. The SMILES string of the molecule is CCCCOC(OCC)(OCC)C(OCC)(OCC)Oc1ccccc1. The zero-order chi connectivity index (χ0) is 19.3. The van der Waals surface area contributed by atoms with Crippen LogP contribution in [0.25, 0.3) is 0 Å². The van der Waals surface area contributed by atoms with E-state index in [0.29, 0.717) is 38.8 Å². The molecule has 1 rings (SSSR count). The van der Waals surface area contributed by atoms with Gasteiger partial charge in [0.25, 0.3) is 0 Å². The maximum absolute atomic E-state index is 6.16. The third-order valence-electron chi connectivity index (χ3n) is 3.50. The molecule has 0 N–H and O–H groups in total. The summed E-state index contributed by atoms with van der Waals surface area (Å²) in [5.74, 6) is -2.78. The Hall–Kier alpha value is -1.18. The highest BCUT2D eigenvalue weighted by atomic mass is 17.0. The van der Waals surface area contributed by atoms with E-state index >= 15 is 0 Å². The van der Waals surface area contributed by atoms with E-state index in [1.165, 1.54) is 0 Å². The van der Waals surface area contributed by atoms with Gasteiger partial charge in [-0.2, -0.15) is 0 Å². The molecule has 0 aliphatic carbocycles. The van der Waals surface area contributed by atoms with Gasteiger partial charge in [-0.15, -0.1) is 0 Å². The first-order valence-corrected chi connectivity index (χ1v) is 9.57. The molecule has 6 nitrogen and oxygen atoms in total. The van der Waals surface area contributed by atoms with Crippen LogP contribution in [0.4, 0.5) is 0 Å². The van der Waals surface area contributed by atoms with Gasteiger partial charge in [0.15, 0.2) is 0 Å². The van der Waals surface area contributed by atoms with Gasteiger partial charge < -0.3 is 28.4 Å². The smallest absolute Gasteiger partial charge is 0.414 e. The van der Waals surface area contributed by atoms with Crippen molar-refractivity contribution in [2.45, 2.75) is 59.4 Å². The maximum atomic E-state index is 6.16. The number of hydrogen-bond donors (Lipinski definition) is 0. The van der Waals surface area contributed by atoms with Crippen LogP contribution in [0.1, 0.15) is 47.5 Å². The summed E-state index contributed by atoms with van der Waals surface area (Å²) in [5.41, 5.74) is 0. The number of hydrogen-bond acceptors (Lipinski definition) is 6. The molecule has 0 fully saturated rings. The normalized spacial score (nSPS) is 12.3. The summed E-state index contributed by atoms with van der Waals surface area (Å²) in [4.78, 5) is 0. The molecule has 0 unspecified atom stereocenters. The first-order chi connectivity index (χ1) is 12.6. The van der Waals surface area contributed by atoms with E-state index < -0.39 is 11.9 Å². The van der Waals surface area contributed by atoms with Gasteiger partial charge in [0.05, 0.1) is 19.8 Å². The number of rotatable bonds is 15. The van der Waals surface area contributed by atoms with Crippen LogP contribution in [-0.2, 0) is 23.7 Å². The molecular weight excluding hydrogens is 336 g/mol. The van der Waals surface area contributed by atoms with Gasteiger partial charge in [-0.25, -0.2) is 0 Å². The van der Waals surface area contributed by atoms with Crippen molar-refractivity contribution >= 4 is 0 Å². The van der Waals surface area contributed by atoms with Crippen molar-refractivity contribution in [3.63, 3.8) is 0 Å². The lowest BCUT2D eigenvalue weighted by Crippen LogP contribution is -2.66. The summed E-state index contributed by atoms with van der Waals surface area (Å²) in [7, 11) is 0. The summed E-state index contributed by atoms with van der Waals surface area (Å²) in [6, 6.07) is 9.30. The second-order valence-electron chi connectivity index (χ2n) is 5.46. The van der Waals surface area contributed by atoms with Crippen LogP contribution in [-0.4, -0.2) is 45.0 Å². The third kappa shape index (κ3) is 5.93. The van der Waals surface area contributed by atoms with Crippen molar-refractivity contribution in [1.29, 1.82) is 0 Å². The Morgan fingerprint density at radius 3 is 1.62 bits per heavy atom. The molecule has 0 spiro atoms.